The molecule has 11 nitrogen and oxygen atoms in total. The third-order valence-corrected chi connectivity index (χ3v) is 12.9. The molecule has 2 saturated carbocycles. The summed E-state index contributed by atoms with van der Waals surface area (Å²) in [6, 6.07) is -1.81. The van der Waals surface area contributed by atoms with E-state index in [-0.39, 0.29) is 73.5 Å². The number of pyridine rings is 1. The topological polar surface area (TPSA) is 158 Å². The second kappa shape index (κ2) is 14.7. The van der Waals surface area contributed by atoms with E-state index in [0.717, 1.165) is 19.3 Å². The van der Waals surface area contributed by atoms with E-state index >= 15 is 0 Å². The smallest absolute Gasteiger partial charge is 0.240 e. The van der Waals surface area contributed by atoms with E-state index in [4.69, 9.17) is 15.2 Å². The molecule has 0 bridgehead atoms. The SMILES string of the molecule is C=C1Cc2c(OC)cnc(O[C@@H]3C[C@H]4C(=O)C[C@]5(C(=O)NS(=O)(=O)C6CC6)C[C@H]5/C=C\CC[C@@H](C)C[C@@H](CC)[C@H](N)C(=O)N4C3)c2C=C1F.Cl. The Balaban J connectivity index is 0.00000486. The molecule has 50 heavy (non-hydrogen) atoms. The average Bonchev–Trinajstić information content (AvgIpc) is 3.99. The third-order valence-electron chi connectivity index (χ3n) is 11.1. The number of rotatable bonds is 7. The van der Waals surface area contributed by atoms with E-state index in [1.165, 1.54) is 24.3 Å². The number of hydrogen-bond acceptors (Lipinski definition) is 9. The summed E-state index contributed by atoms with van der Waals surface area (Å²) in [5.74, 6) is -1.43. The number of nitrogens with zero attached hydrogens (tertiary/aromatic N) is 2. The number of ketones is 1. The minimum Gasteiger partial charge on any atom is -0.495 e. The molecule has 2 aliphatic heterocycles. The van der Waals surface area contributed by atoms with Gasteiger partial charge in [-0.25, -0.2) is 17.8 Å². The highest BCUT2D eigenvalue weighted by atomic mass is 35.5. The van der Waals surface area contributed by atoms with E-state index < -0.39 is 50.6 Å². The molecule has 1 aromatic rings. The van der Waals surface area contributed by atoms with Crippen molar-refractivity contribution in [2.75, 3.05) is 13.7 Å². The van der Waals surface area contributed by atoms with Gasteiger partial charge in [-0.05, 0) is 67.9 Å². The summed E-state index contributed by atoms with van der Waals surface area (Å²) in [6.07, 6.45) is 10.5. The van der Waals surface area contributed by atoms with Crippen LogP contribution in [0.15, 0.2) is 36.3 Å². The van der Waals surface area contributed by atoms with Gasteiger partial charge in [0.2, 0.25) is 27.7 Å². The molecule has 0 spiro atoms. The first-order valence-electron chi connectivity index (χ1n) is 17.4. The predicted molar refractivity (Wildman–Crippen MR) is 189 cm³/mol. The van der Waals surface area contributed by atoms with Crippen molar-refractivity contribution in [2.24, 2.45) is 28.9 Å². The van der Waals surface area contributed by atoms with Crippen LogP contribution in [-0.2, 0) is 30.8 Å². The lowest BCUT2D eigenvalue weighted by molar-refractivity contribution is -0.141. The van der Waals surface area contributed by atoms with E-state index in [1.54, 1.807) is 0 Å². The lowest BCUT2D eigenvalue weighted by Crippen LogP contribution is -2.52. The molecule has 14 heteroatoms. The van der Waals surface area contributed by atoms with Crippen molar-refractivity contribution < 1.29 is 36.7 Å². The zero-order valence-corrected chi connectivity index (χ0v) is 30.5. The summed E-state index contributed by atoms with van der Waals surface area (Å²) >= 11 is 0. The van der Waals surface area contributed by atoms with Crippen molar-refractivity contribution >= 4 is 46.1 Å². The van der Waals surface area contributed by atoms with Crippen LogP contribution in [0.5, 0.6) is 11.6 Å². The fraction of sp³-hybridized carbons (Fsp3) is 0.611. The Hall–Kier alpha value is -3.29. The van der Waals surface area contributed by atoms with Crippen LogP contribution in [0.1, 0.15) is 82.8 Å². The molecule has 0 aromatic carbocycles. The Morgan fingerprint density at radius 2 is 1.98 bits per heavy atom. The number of allylic oxidation sites excluding steroid dienone is 4. The molecule has 0 radical (unpaired) electrons. The molecule has 1 saturated heterocycles. The van der Waals surface area contributed by atoms with Gasteiger partial charge in [-0.3, -0.25) is 19.1 Å². The largest absolute Gasteiger partial charge is 0.495 e. The van der Waals surface area contributed by atoms with Gasteiger partial charge in [0.25, 0.3) is 0 Å². The highest BCUT2D eigenvalue weighted by molar-refractivity contribution is 7.90. The molecule has 274 valence electrons. The number of fused-ring (bicyclic) bond motifs is 3. The summed E-state index contributed by atoms with van der Waals surface area (Å²) in [5.41, 5.74) is 6.81. The molecule has 3 fully saturated rings. The standard InChI is InChI=1S/C36H47FN4O7S.ClH/c1-5-22-12-20(2)8-6-7-9-23-16-36(23,35(44)40-49(45,46)25-10-11-25)17-30(42)29-14-24(19-41(29)34(43)32(22)38)48-33-27-15-28(37)21(3)13-26(27)31(47-4)18-39-33;/h7,9,15,18,20,22-25,29,32H,3,5-6,8,10-14,16-17,19,38H2,1-2,4H3,(H,40,44);1H/b9-7-;/t20-,22-,23-,24-,29+,32+,36-;/m1./s1. The van der Waals surface area contributed by atoms with Gasteiger partial charge in [0.15, 0.2) is 5.78 Å². The maximum absolute atomic E-state index is 14.7. The third kappa shape index (κ3) is 7.50. The predicted octanol–water partition coefficient (Wildman–Crippen LogP) is 4.59. The molecule has 3 N–H and O–H groups in total. The molecular formula is C36H48ClFN4O7S. The molecule has 5 aliphatic rings. The van der Waals surface area contributed by atoms with Gasteiger partial charge in [0.1, 0.15) is 17.7 Å². The van der Waals surface area contributed by atoms with Gasteiger partial charge in [0, 0.05) is 30.4 Å². The Kier molecular flexibility index (Phi) is 11.2. The first-order chi connectivity index (χ1) is 23.3. The zero-order chi connectivity index (χ0) is 35.2. The first-order valence-corrected chi connectivity index (χ1v) is 18.9. The van der Waals surface area contributed by atoms with E-state index in [1.807, 2.05) is 19.1 Å². The molecule has 0 unspecified atom stereocenters. The number of sulfonamides is 1. The molecule has 2 amide bonds. The van der Waals surface area contributed by atoms with Crippen LogP contribution < -0.4 is 19.9 Å². The quantitative estimate of drug-likeness (QED) is 0.383. The van der Waals surface area contributed by atoms with Gasteiger partial charge in [-0.1, -0.05) is 39.0 Å². The number of carbonyl (C=O) groups excluding carboxylic acids is 3. The maximum Gasteiger partial charge on any atom is 0.240 e. The Labute approximate surface area is 299 Å². The number of carbonyl (C=O) groups is 3. The van der Waals surface area contributed by atoms with E-state index in [0.29, 0.717) is 48.1 Å². The zero-order valence-electron chi connectivity index (χ0n) is 28.9. The highest BCUT2D eigenvalue weighted by Gasteiger charge is 2.61. The van der Waals surface area contributed by atoms with Gasteiger partial charge in [0.05, 0.1) is 42.6 Å². The molecule has 6 rings (SSSR count). The second-order valence-corrected chi connectivity index (χ2v) is 16.6. The van der Waals surface area contributed by atoms with Crippen LogP contribution in [0.25, 0.3) is 6.08 Å². The number of halogens is 2. The van der Waals surface area contributed by atoms with Crippen LogP contribution in [0.3, 0.4) is 0 Å². The van der Waals surface area contributed by atoms with Crippen LogP contribution in [0.4, 0.5) is 4.39 Å². The molecular weight excluding hydrogens is 687 g/mol. The Bertz CT molecular complexity index is 1710. The molecule has 3 aliphatic carbocycles. The second-order valence-electron chi connectivity index (χ2n) is 14.6. The lowest BCUT2D eigenvalue weighted by Gasteiger charge is -2.31. The summed E-state index contributed by atoms with van der Waals surface area (Å²) in [6.45, 7) is 7.96. The van der Waals surface area contributed by atoms with Gasteiger partial charge < -0.3 is 20.1 Å². The van der Waals surface area contributed by atoms with Crippen molar-refractivity contribution in [3.8, 4) is 11.6 Å². The van der Waals surface area contributed by atoms with E-state index in [2.05, 4.69) is 23.2 Å². The number of Topliss-reactive ketones (excluding diaryl/α,β-unsaturated/α-hetero) is 1. The number of aromatic nitrogens is 1. The summed E-state index contributed by atoms with van der Waals surface area (Å²) in [4.78, 5) is 48.0. The summed E-state index contributed by atoms with van der Waals surface area (Å²) < 4.78 is 54.4. The van der Waals surface area contributed by atoms with Gasteiger partial charge >= 0.3 is 0 Å². The van der Waals surface area contributed by atoms with Crippen LogP contribution in [0.2, 0.25) is 0 Å². The van der Waals surface area contributed by atoms with Crippen LogP contribution in [-0.4, -0.2) is 73.0 Å². The average molecular weight is 735 g/mol. The number of nitrogens with two attached hydrogens (primary N) is 1. The molecule has 3 heterocycles. The van der Waals surface area contributed by atoms with Crippen molar-refractivity contribution in [1.29, 1.82) is 0 Å². The Morgan fingerprint density at radius 3 is 2.66 bits per heavy atom. The number of ether oxygens (including phenoxy) is 2. The minimum atomic E-state index is -3.83. The molecule has 7 atom stereocenters. The minimum absolute atomic E-state index is 0. The number of methoxy groups -OCH3 is 1. The van der Waals surface area contributed by atoms with Crippen molar-refractivity contribution in [1.82, 2.24) is 14.6 Å². The fourth-order valence-corrected chi connectivity index (χ4v) is 9.12. The number of nitrogens with one attached hydrogen (secondary N) is 1. The lowest BCUT2D eigenvalue weighted by atomic mass is 9.85. The van der Waals surface area contributed by atoms with Gasteiger partial charge in [-0.2, -0.15) is 0 Å². The number of hydrogen-bond donors (Lipinski definition) is 2. The maximum atomic E-state index is 14.7. The van der Waals surface area contributed by atoms with Crippen LogP contribution >= 0.6 is 12.4 Å². The normalized spacial score (nSPS) is 32.2. The van der Waals surface area contributed by atoms with Crippen molar-refractivity contribution in [3.05, 3.63) is 47.5 Å². The summed E-state index contributed by atoms with van der Waals surface area (Å²) in [5, 5.41) is -0.590. The van der Waals surface area contributed by atoms with Crippen molar-refractivity contribution in [2.45, 2.75) is 101 Å². The highest BCUT2D eigenvalue weighted by Crippen LogP contribution is 2.57. The Morgan fingerprint density at radius 1 is 1.24 bits per heavy atom. The fourth-order valence-electron chi connectivity index (χ4n) is 7.73. The van der Waals surface area contributed by atoms with E-state index in [9.17, 15) is 27.2 Å². The van der Waals surface area contributed by atoms with Gasteiger partial charge in [-0.15, -0.1) is 12.4 Å². The van der Waals surface area contributed by atoms with Crippen LogP contribution in [0, 0.1) is 23.2 Å². The monoisotopic (exact) mass is 734 g/mol. The number of amides is 2. The first kappa shape index (κ1) is 38.0. The summed E-state index contributed by atoms with van der Waals surface area (Å²) in [7, 11) is -2.34. The van der Waals surface area contributed by atoms with Crippen molar-refractivity contribution in [3.63, 3.8) is 0 Å². The molecule has 1 aromatic heterocycles.